The smallest absolute Gasteiger partial charge is 0.258 e. The molecule has 20 heavy (non-hydrogen) atoms. The highest BCUT2D eigenvalue weighted by molar-refractivity contribution is 5.70. The first-order valence-electron chi connectivity index (χ1n) is 5.89. The van der Waals surface area contributed by atoms with Crippen molar-refractivity contribution in [1.29, 1.82) is 5.26 Å². The minimum Gasteiger partial charge on any atom is -0.258 e. The molecule has 1 aromatic heterocycles. The van der Waals surface area contributed by atoms with E-state index in [-0.39, 0.29) is 5.69 Å². The number of allylic oxidation sites excluding steroid dienone is 1. The van der Waals surface area contributed by atoms with Gasteiger partial charge in [0.1, 0.15) is 0 Å². The lowest BCUT2D eigenvalue weighted by molar-refractivity contribution is -0.385. The molecule has 2 rings (SSSR count). The Morgan fingerprint density at radius 1 is 1.35 bits per heavy atom. The quantitative estimate of drug-likeness (QED) is 0.483. The van der Waals surface area contributed by atoms with Crippen LogP contribution < -0.4 is 0 Å². The van der Waals surface area contributed by atoms with Gasteiger partial charge in [-0.2, -0.15) is 5.26 Å². The van der Waals surface area contributed by atoms with Gasteiger partial charge in [-0.15, -0.1) is 0 Å². The number of nitriles is 1. The average Bonchev–Trinajstić information content (AvgIpc) is 2.44. The molecule has 0 saturated heterocycles. The molecule has 0 bridgehead atoms. The molecule has 0 aliphatic rings. The van der Waals surface area contributed by atoms with Gasteiger partial charge in [0.2, 0.25) is 0 Å². The molecule has 0 amide bonds. The zero-order chi connectivity index (χ0) is 14.5. The fraction of sp³-hybridized carbons (Fsp3) is 0.0667. The summed E-state index contributed by atoms with van der Waals surface area (Å²) < 4.78 is 0. The molecular weight excluding hydrogens is 254 g/mol. The van der Waals surface area contributed by atoms with Crippen LogP contribution >= 0.6 is 0 Å². The fourth-order valence-electron chi connectivity index (χ4n) is 1.82. The van der Waals surface area contributed by atoms with E-state index in [2.05, 4.69) is 4.98 Å². The Morgan fingerprint density at radius 2 is 2.15 bits per heavy atom. The van der Waals surface area contributed by atoms with Crippen molar-refractivity contribution in [2.45, 2.75) is 6.92 Å². The predicted octanol–water partition coefficient (Wildman–Crippen LogP) is 3.50. The van der Waals surface area contributed by atoms with Crippen molar-refractivity contribution in [3.8, 4) is 17.3 Å². The molecule has 0 fully saturated rings. The van der Waals surface area contributed by atoms with Gasteiger partial charge in [0.05, 0.1) is 22.2 Å². The van der Waals surface area contributed by atoms with Crippen molar-refractivity contribution >= 4 is 11.8 Å². The minimum atomic E-state index is -0.462. The molecule has 1 aromatic carbocycles. The molecule has 5 nitrogen and oxygen atoms in total. The summed E-state index contributed by atoms with van der Waals surface area (Å²) in [5, 5.41) is 19.6. The Morgan fingerprint density at radius 3 is 2.80 bits per heavy atom. The number of hydrogen-bond donors (Lipinski definition) is 0. The molecule has 0 atom stereocenters. The van der Waals surface area contributed by atoms with Crippen molar-refractivity contribution in [3.05, 3.63) is 63.8 Å². The summed E-state index contributed by atoms with van der Waals surface area (Å²) in [5.74, 6) is 0. The van der Waals surface area contributed by atoms with Crippen molar-refractivity contribution in [3.63, 3.8) is 0 Å². The fourth-order valence-corrected chi connectivity index (χ4v) is 1.82. The molecule has 0 aliphatic heterocycles. The maximum Gasteiger partial charge on any atom is 0.277 e. The van der Waals surface area contributed by atoms with Crippen molar-refractivity contribution in [2.75, 3.05) is 0 Å². The monoisotopic (exact) mass is 265 g/mol. The first-order valence-corrected chi connectivity index (χ1v) is 5.89. The molecule has 0 saturated carbocycles. The summed E-state index contributed by atoms with van der Waals surface area (Å²) in [6, 6.07) is 10.4. The van der Waals surface area contributed by atoms with Crippen LogP contribution in [-0.4, -0.2) is 9.91 Å². The summed E-state index contributed by atoms with van der Waals surface area (Å²) in [5.41, 5.74) is 2.75. The molecule has 5 heteroatoms. The Balaban J connectivity index is 2.53. The largest absolute Gasteiger partial charge is 0.277 e. The number of pyridine rings is 1. The minimum absolute atomic E-state index is 0.0442. The van der Waals surface area contributed by atoms with Crippen LogP contribution in [0.3, 0.4) is 0 Å². The molecule has 0 spiro atoms. The summed E-state index contributed by atoms with van der Waals surface area (Å²) in [6.45, 7) is 1.93. The molecule has 0 N–H and O–H groups in total. The molecule has 0 radical (unpaired) electrons. The van der Waals surface area contributed by atoms with Gasteiger partial charge in [0.15, 0.2) is 0 Å². The third-order valence-corrected chi connectivity index (χ3v) is 2.78. The molecule has 98 valence electrons. The van der Waals surface area contributed by atoms with Gasteiger partial charge in [-0.3, -0.25) is 15.1 Å². The van der Waals surface area contributed by atoms with Crippen molar-refractivity contribution < 1.29 is 4.92 Å². The first-order chi connectivity index (χ1) is 9.61. The third-order valence-electron chi connectivity index (χ3n) is 2.78. The van der Waals surface area contributed by atoms with Gasteiger partial charge in [0, 0.05) is 23.9 Å². The van der Waals surface area contributed by atoms with Crippen LogP contribution in [0.1, 0.15) is 11.1 Å². The maximum absolute atomic E-state index is 11.1. The first kappa shape index (κ1) is 13.4. The van der Waals surface area contributed by atoms with Crippen LogP contribution in [0.2, 0.25) is 0 Å². The van der Waals surface area contributed by atoms with E-state index in [1.165, 1.54) is 18.2 Å². The second-order valence-corrected chi connectivity index (χ2v) is 4.21. The van der Waals surface area contributed by atoms with E-state index < -0.39 is 4.92 Å². The maximum atomic E-state index is 11.1. The van der Waals surface area contributed by atoms with E-state index >= 15 is 0 Å². The lowest BCUT2D eigenvalue weighted by Gasteiger charge is -2.04. The highest BCUT2D eigenvalue weighted by atomic mass is 16.6. The Bertz CT molecular complexity index is 730. The number of nitrogens with zero attached hydrogens (tertiary/aromatic N) is 3. The Hall–Kier alpha value is -3.00. The number of rotatable bonds is 3. The second-order valence-electron chi connectivity index (χ2n) is 4.21. The topological polar surface area (TPSA) is 79.8 Å². The average molecular weight is 265 g/mol. The van der Waals surface area contributed by atoms with Gasteiger partial charge in [-0.1, -0.05) is 6.07 Å². The van der Waals surface area contributed by atoms with E-state index in [1.54, 1.807) is 18.3 Å². The number of aryl methyl sites for hydroxylation is 1. The molecule has 0 aliphatic carbocycles. The Labute approximate surface area is 116 Å². The third kappa shape index (κ3) is 2.87. The summed E-state index contributed by atoms with van der Waals surface area (Å²) >= 11 is 0. The number of benzene rings is 1. The standard InChI is InChI=1S/C15H11N3O2/c1-11-6-8-17-14(9-11)13-5-4-12(3-2-7-16)15(10-13)18(19)20/h2-6,8-10H,1H3. The number of hydrogen-bond acceptors (Lipinski definition) is 4. The van der Waals surface area contributed by atoms with Gasteiger partial charge in [0.25, 0.3) is 5.69 Å². The lowest BCUT2D eigenvalue weighted by atomic mass is 10.0. The van der Waals surface area contributed by atoms with E-state index in [9.17, 15) is 10.1 Å². The van der Waals surface area contributed by atoms with Crippen LogP contribution in [0, 0.1) is 28.4 Å². The van der Waals surface area contributed by atoms with Crippen LogP contribution in [0.5, 0.6) is 0 Å². The summed E-state index contributed by atoms with van der Waals surface area (Å²) in [4.78, 5) is 14.9. The predicted molar refractivity (Wildman–Crippen MR) is 75.7 cm³/mol. The van der Waals surface area contributed by atoms with E-state index in [4.69, 9.17) is 5.26 Å². The van der Waals surface area contributed by atoms with Crippen molar-refractivity contribution in [1.82, 2.24) is 4.98 Å². The number of nitro groups is 1. The van der Waals surface area contributed by atoms with Gasteiger partial charge in [-0.05, 0) is 36.8 Å². The summed E-state index contributed by atoms with van der Waals surface area (Å²) in [7, 11) is 0. The van der Waals surface area contributed by atoms with Crippen LogP contribution in [0.15, 0.2) is 42.6 Å². The van der Waals surface area contributed by atoms with Crippen molar-refractivity contribution in [2.24, 2.45) is 0 Å². The highest BCUT2D eigenvalue weighted by Gasteiger charge is 2.13. The SMILES string of the molecule is Cc1ccnc(-c2ccc(C=CC#N)c([N+](=O)[O-])c2)c1. The molecule has 1 heterocycles. The Kier molecular flexibility index (Phi) is 3.87. The second kappa shape index (κ2) is 5.76. The molecule has 2 aromatic rings. The summed E-state index contributed by atoms with van der Waals surface area (Å²) in [6.07, 6.45) is 4.30. The van der Waals surface area contributed by atoms with Gasteiger partial charge in [-0.25, -0.2) is 0 Å². The zero-order valence-electron chi connectivity index (χ0n) is 10.8. The number of nitro benzene ring substituents is 1. The number of aromatic nitrogens is 1. The molecule has 0 unspecified atom stereocenters. The normalized spacial score (nSPS) is 10.4. The highest BCUT2D eigenvalue weighted by Crippen LogP contribution is 2.27. The zero-order valence-corrected chi connectivity index (χ0v) is 10.8. The van der Waals surface area contributed by atoms with E-state index in [0.717, 1.165) is 5.56 Å². The van der Waals surface area contributed by atoms with E-state index in [1.807, 2.05) is 25.1 Å². The molecular formula is C15H11N3O2. The van der Waals surface area contributed by atoms with Crippen LogP contribution in [-0.2, 0) is 0 Å². The van der Waals surface area contributed by atoms with Crippen LogP contribution in [0.4, 0.5) is 5.69 Å². The lowest BCUT2D eigenvalue weighted by Crippen LogP contribution is -1.93. The van der Waals surface area contributed by atoms with E-state index in [0.29, 0.717) is 16.8 Å². The van der Waals surface area contributed by atoms with Gasteiger partial charge < -0.3 is 0 Å². The van der Waals surface area contributed by atoms with Gasteiger partial charge >= 0.3 is 0 Å². The van der Waals surface area contributed by atoms with Crippen LogP contribution in [0.25, 0.3) is 17.3 Å².